The minimum Gasteiger partial charge on any atom is -0.466 e. The highest BCUT2D eigenvalue weighted by atomic mass is 16.5. The van der Waals surface area contributed by atoms with Gasteiger partial charge in [-0.25, -0.2) is 9.59 Å². The Morgan fingerprint density at radius 2 is 1.59 bits per heavy atom. The molecule has 1 fully saturated rings. The van der Waals surface area contributed by atoms with Crippen LogP contribution in [0.25, 0.3) is 0 Å². The minimum atomic E-state index is -0.412. The Bertz CT molecular complexity index is 467. The SMILES string of the molecule is COC(=O)C1=C(C(=O)OC)C(C2CCCCCC2)CC=CC1. The number of methoxy groups -OCH3 is 2. The summed E-state index contributed by atoms with van der Waals surface area (Å²) in [6, 6.07) is 0. The lowest BCUT2D eigenvalue weighted by Gasteiger charge is -2.27. The van der Waals surface area contributed by atoms with Gasteiger partial charge in [-0.3, -0.25) is 0 Å². The molecule has 0 aromatic heterocycles. The lowest BCUT2D eigenvalue weighted by atomic mass is 9.78. The van der Waals surface area contributed by atoms with Crippen molar-refractivity contribution < 1.29 is 19.1 Å². The van der Waals surface area contributed by atoms with Crippen molar-refractivity contribution in [2.24, 2.45) is 11.8 Å². The molecular formula is C18H26O4. The zero-order chi connectivity index (χ0) is 15.9. The third-order valence-electron chi connectivity index (χ3n) is 4.88. The van der Waals surface area contributed by atoms with Crippen molar-refractivity contribution in [3.05, 3.63) is 23.3 Å². The molecule has 0 heterocycles. The molecule has 4 nitrogen and oxygen atoms in total. The molecule has 0 amide bonds. The number of carbonyl (C=O) groups excluding carboxylic acids is 2. The van der Waals surface area contributed by atoms with Gasteiger partial charge >= 0.3 is 11.9 Å². The molecule has 1 unspecified atom stereocenters. The van der Waals surface area contributed by atoms with Crippen LogP contribution in [0, 0.1) is 11.8 Å². The molecule has 0 saturated heterocycles. The monoisotopic (exact) mass is 306 g/mol. The van der Waals surface area contributed by atoms with Gasteiger partial charge in [0.2, 0.25) is 0 Å². The Kier molecular flexibility index (Phi) is 6.22. The van der Waals surface area contributed by atoms with Gasteiger partial charge in [0.05, 0.1) is 25.4 Å². The van der Waals surface area contributed by atoms with E-state index in [-0.39, 0.29) is 11.9 Å². The summed E-state index contributed by atoms with van der Waals surface area (Å²) in [6.45, 7) is 0. The first-order valence-corrected chi connectivity index (χ1v) is 8.23. The normalized spacial score (nSPS) is 23.6. The fourth-order valence-electron chi connectivity index (χ4n) is 3.74. The van der Waals surface area contributed by atoms with Crippen molar-refractivity contribution in [2.45, 2.75) is 51.4 Å². The second-order valence-corrected chi connectivity index (χ2v) is 6.14. The van der Waals surface area contributed by atoms with Crippen molar-refractivity contribution in [3.8, 4) is 0 Å². The summed E-state index contributed by atoms with van der Waals surface area (Å²) < 4.78 is 9.88. The van der Waals surface area contributed by atoms with Crippen LogP contribution in [0.2, 0.25) is 0 Å². The van der Waals surface area contributed by atoms with Crippen LogP contribution in [-0.2, 0) is 19.1 Å². The van der Waals surface area contributed by atoms with E-state index in [1.807, 2.05) is 6.08 Å². The van der Waals surface area contributed by atoms with E-state index in [4.69, 9.17) is 9.47 Å². The highest BCUT2D eigenvalue weighted by Gasteiger charge is 2.34. The second kappa shape index (κ2) is 8.16. The maximum Gasteiger partial charge on any atom is 0.334 e. The van der Waals surface area contributed by atoms with Crippen molar-refractivity contribution >= 4 is 11.9 Å². The predicted octanol–water partition coefficient (Wildman–Crippen LogP) is 3.57. The summed E-state index contributed by atoms with van der Waals surface area (Å²) in [6.07, 6.45) is 12.5. The third-order valence-corrected chi connectivity index (χ3v) is 4.88. The quantitative estimate of drug-likeness (QED) is 0.454. The molecule has 1 saturated carbocycles. The summed E-state index contributed by atoms with van der Waals surface area (Å²) in [7, 11) is 2.74. The van der Waals surface area contributed by atoms with Crippen LogP contribution in [0.1, 0.15) is 51.4 Å². The topological polar surface area (TPSA) is 52.6 Å². The van der Waals surface area contributed by atoms with Gasteiger partial charge in [-0.2, -0.15) is 0 Å². The molecule has 0 N–H and O–H groups in total. The Morgan fingerprint density at radius 3 is 2.18 bits per heavy atom. The molecule has 0 aromatic carbocycles. The molecule has 0 aliphatic heterocycles. The van der Waals surface area contributed by atoms with Gasteiger partial charge in [-0.1, -0.05) is 37.8 Å². The Balaban J connectivity index is 2.40. The van der Waals surface area contributed by atoms with Crippen molar-refractivity contribution in [1.82, 2.24) is 0 Å². The summed E-state index contributed by atoms with van der Waals surface area (Å²) in [4.78, 5) is 24.5. The van der Waals surface area contributed by atoms with E-state index >= 15 is 0 Å². The van der Waals surface area contributed by atoms with Crippen LogP contribution >= 0.6 is 0 Å². The molecule has 0 spiro atoms. The number of esters is 2. The highest BCUT2D eigenvalue weighted by molar-refractivity contribution is 6.01. The number of hydrogen-bond acceptors (Lipinski definition) is 4. The Labute approximate surface area is 132 Å². The molecule has 1 atom stereocenters. The number of carbonyl (C=O) groups is 2. The maximum absolute atomic E-state index is 12.4. The van der Waals surface area contributed by atoms with Crippen LogP contribution in [0.15, 0.2) is 23.3 Å². The highest BCUT2D eigenvalue weighted by Crippen LogP contribution is 2.39. The van der Waals surface area contributed by atoms with Gasteiger partial charge in [-0.05, 0) is 37.5 Å². The molecule has 122 valence electrons. The maximum atomic E-state index is 12.4. The van der Waals surface area contributed by atoms with Crippen LogP contribution < -0.4 is 0 Å². The largest absolute Gasteiger partial charge is 0.466 e. The third kappa shape index (κ3) is 3.79. The summed E-state index contributed by atoms with van der Waals surface area (Å²) in [5, 5.41) is 0. The molecule has 4 heteroatoms. The molecule has 2 aliphatic rings. The van der Waals surface area contributed by atoms with Gasteiger partial charge in [0.25, 0.3) is 0 Å². The molecule has 0 bridgehead atoms. The lowest BCUT2D eigenvalue weighted by Crippen LogP contribution is -2.25. The van der Waals surface area contributed by atoms with Crippen LogP contribution in [0.3, 0.4) is 0 Å². The van der Waals surface area contributed by atoms with E-state index in [1.54, 1.807) is 0 Å². The van der Waals surface area contributed by atoms with Gasteiger partial charge in [0, 0.05) is 0 Å². The molecule has 2 aliphatic carbocycles. The molecular weight excluding hydrogens is 280 g/mol. The van der Waals surface area contributed by atoms with Crippen LogP contribution in [0.4, 0.5) is 0 Å². The molecule has 22 heavy (non-hydrogen) atoms. The van der Waals surface area contributed by atoms with Crippen molar-refractivity contribution in [3.63, 3.8) is 0 Å². The second-order valence-electron chi connectivity index (χ2n) is 6.14. The lowest BCUT2D eigenvalue weighted by molar-refractivity contribution is -0.140. The number of rotatable bonds is 3. The average molecular weight is 306 g/mol. The Morgan fingerprint density at radius 1 is 0.955 bits per heavy atom. The molecule has 2 rings (SSSR count). The van der Waals surface area contributed by atoms with Crippen LogP contribution in [0.5, 0.6) is 0 Å². The minimum absolute atomic E-state index is 0.0680. The van der Waals surface area contributed by atoms with Gasteiger partial charge in [0.1, 0.15) is 0 Å². The molecule has 0 aromatic rings. The van der Waals surface area contributed by atoms with E-state index in [9.17, 15) is 9.59 Å². The van der Waals surface area contributed by atoms with Gasteiger partial charge < -0.3 is 9.47 Å². The van der Waals surface area contributed by atoms with E-state index in [1.165, 1.54) is 39.9 Å². The number of allylic oxidation sites excluding steroid dienone is 2. The standard InChI is InChI=1S/C18H26O4/c1-21-17(19)15-12-8-7-11-14(16(15)18(20)22-2)13-9-5-3-4-6-10-13/h7-8,13-14H,3-6,9-12H2,1-2H3. The number of hydrogen-bond donors (Lipinski definition) is 0. The van der Waals surface area contributed by atoms with Crippen molar-refractivity contribution in [2.75, 3.05) is 14.2 Å². The smallest absolute Gasteiger partial charge is 0.334 e. The fraction of sp³-hybridized carbons (Fsp3) is 0.667. The predicted molar refractivity (Wildman–Crippen MR) is 84.1 cm³/mol. The van der Waals surface area contributed by atoms with Gasteiger partial charge in [0.15, 0.2) is 0 Å². The first-order valence-electron chi connectivity index (χ1n) is 8.23. The van der Waals surface area contributed by atoms with Crippen LogP contribution in [-0.4, -0.2) is 26.2 Å². The van der Waals surface area contributed by atoms with E-state index in [0.717, 1.165) is 19.3 Å². The summed E-state index contributed by atoms with van der Waals surface area (Å²) in [5.41, 5.74) is 1.02. The Hall–Kier alpha value is -1.58. The van der Waals surface area contributed by atoms with E-state index in [2.05, 4.69) is 6.08 Å². The fourth-order valence-corrected chi connectivity index (χ4v) is 3.74. The van der Waals surface area contributed by atoms with E-state index < -0.39 is 5.97 Å². The average Bonchev–Trinajstić information content (AvgIpc) is 2.93. The zero-order valence-electron chi connectivity index (χ0n) is 13.6. The molecule has 0 radical (unpaired) electrons. The first kappa shape index (κ1) is 16.8. The van der Waals surface area contributed by atoms with Gasteiger partial charge in [-0.15, -0.1) is 0 Å². The zero-order valence-corrected chi connectivity index (χ0v) is 13.6. The summed E-state index contributed by atoms with van der Waals surface area (Å²) in [5.74, 6) is -0.277. The summed E-state index contributed by atoms with van der Waals surface area (Å²) >= 11 is 0. The number of ether oxygens (including phenoxy) is 2. The van der Waals surface area contributed by atoms with Crippen molar-refractivity contribution in [1.29, 1.82) is 0 Å². The first-order chi connectivity index (χ1) is 10.7. The van der Waals surface area contributed by atoms with E-state index in [0.29, 0.717) is 23.5 Å².